The summed E-state index contributed by atoms with van der Waals surface area (Å²) < 4.78 is 4.98. The molecule has 100 valence electrons. The third-order valence-electron chi connectivity index (χ3n) is 2.46. The fraction of sp³-hybridized carbons (Fsp3) is 0.286. The van der Waals surface area contributed by atoms with Crippen molar-refractivity contribution in [3.05, 3.63) is 48.3 Å². The Morgan fingerprint density at radius 2 is 2.05 bits per heavy atom. The van der Waals surface area contributed by atoms with Crippen LogP contribution >= 0.6 is 11.8 Å². The fourth-order valence-electron chi connectivity index (χ4n) is 1.50. The summed E-state index contributed by atoms with van der Waals surface area (Å²) in [4.78, 5) is 8.69. The average Bonchev–Trinajstić information content (AvgIpc) is 2.46. The van der Waals surface area contributed by atoms with E-state index in [-0.39, 0.29) is 0 Å². The van der Waals surface area contributed by atoms with Crippen LogP contribution in [0.5, 0.6) is 0 Å². The molecule has 0 aliphatic carbocycles. The van der Waals surface area contributed by atoms with Crippen molar-refractivity contribution in [1.29, 1.82) is 0 Å². The monoisotopic (exact) mass is 275 g/mol. The lowest BCUT2D eigenvalue weighted by atomic mass is 10.3. The van der Waals surface area contributed by atoms with Gasteiger partial charge in [-0.3, -0.25) is 0 Å². The second-order valence-corrected chi connectivity index (χ2v) is 4.98. The van der Waals surface area contributed by atoms with Gasteiger partial charge in [0.1, 0.15) is 10.1 Å². The van der Waals surface area contributed by atoms with E-state index in [2.05, 4.69) is 21.4 Å². The number of ether oxygens (including phenoxy) is 1. The maximum Gasteiger partial charge on any atom is 0.102 e. The number of hydrogen-bond acceptors (Lipinski definition) is 5. The van der Waals surface area contributed by atoms with Crippen LogP contribution in [0.4, 0.5) is 0 Å². The van der Waals surface area contributed by atoms with E-state index in [1.165, 1.54) is 5.56 Å². The van der Waals surface area contributed by atoms with Gasteiger partial charge in [0, 0.05) is 32.6 Å². The molecule has 0 saturated heterocycles. The number of nitrogens with one attached hydrogen (secondary N) is 1. The SMILES string of the molecule is COCCNCc1ccc(Sc2ccccn2)nc1. The Labute approximate surface area is 117 Å². The van der Waals surface area contributed by atoms with Gasteiger partial charge < -0.3 is 10.1 Å². The van der Waals surface area contributed by atoms with Gasteiger partial charge in [-0.15, -0.1) is 0 Å². The number of pyridine rings is 2. The molecule has 0 unspecified atom stereocenters. The van der Waals surface area contributed by atoms with Gasteiger partial charge >= 0.3 is 0 Å². The maximum atomic E-state index is 4.98. The number of hydrogen-bond donors (Lipinski definition) is 1. The van der Waals surface area contributed by atoms with E-state index >= 15 is 0 Å². The van der Waals surface area contributed by atoms with E-state index in [0.29, 0.717) is 0 Å². The van der Waals surface area contributed by atoms with Gasteiger partial charge in [-0.1, -0.05) is 23.9 Å². The van der Waals surface area contributed by atoms with Gasteiger partial charge in [0.25, 0.3) is 0 Å². The van der Waals surface area contributed by atoms with E-state index in [1.54, 1.807) is 25.1 Å². The molecule has 0 radical (unpaired) electrons. The Morgan fingerprint density at radius 1 is 1.16 bits per heavy atom. The van der Waals surface area contributed by atoms with E-state index in [0.717, 1.165) is 29.7 Å². The number of aromatic nitrogens is 2. The normalized spacial score (nSPS) is 10.6. The lowest BCUT2D eigenvalue weighted by Crippen LogP contribution is -2.18. The molecule has 0 saturated carbocycles. The largest absolute Gasteiger partial charge is 0.383 e. The van der Waals surface area contributed by atoms with Crippen molar-refractivity contribution in [1.82, 2.24) is 15.3 Å². The molecule has 19 heavy (non-hydrogen) atoms. The highest BCUT2D eigenvalue weighted by molar-refractivity contribution is 7.99. The van der Waals surface area contributed by atoms with Crippen LogP contribution in [-0.2, 0) is 11.3 Å². The van der Waals surface area contributed by atoms with Crippen molar-refractivity contribution in [2.45, 2.75) is 16.6 Å². The first-order chi connectivity index (χ1) is 9.38. The third-order valence-corrected chi connectivity index (χ3v) is 3.36. The minimum atomic E-state index is 0.723. The maximum absolute atomic E-state index is 4.98. The first-order valence-electron chi connectivity index (χ1n) is 6.12. The highest BCUT2D eigenvalue weighted by Crippen LogP contribution is 2.23. The molecule has 5 heteroatoms. The fourth-order valence-corrected chi connectivity index (χ4v) is 2.21. The molecule has 2 rings (SSSR count). The first kappa shape index (κ1) is 14.0. The summed E-state index contributed by atoms with van der Waals surface area (Å²) in [6.45, 7) is 2.38. The molecule has 2 aromatic rings. The van der Waals surface area contributed by atoms with E-state index < -0.39 is 0 Å². The van der Waals surface area contributed by atoms with E-state index in [9.17, 15) is 0 Å². The molecule has 0 aromatic carbocycles. The molecule has 0 fully saturated rings. The van der Waals surface area contributed by atoms with Gasteiger partial charge in [0.05, 0.1) is 6.61 Å². The number of nitrogens with zero attached hydrogens (tertiary/aromatic N) is 2. The molecular weight excluding hydrogens is 258 g/mol. The highest BCUT2D eigenvalue weighted by atomic mass is 32.2. The number of rotatable bonds is 7. The molecule has 0 aliphatic heterocycles. The predicted octanol–water partition coefficient (Wildman–Crippen LogP) is 2.36. The number of methoxy groups -OCH3 is 1. The van der Waals surface area contributed by atoms with Crippen LogP contribution in [0.3, 0.4) is 0 Å². The molecule has 2 aromatic heterocycles. The van der Waals surface area contributed by atoms with Crippen LogP contribution in [0.2, 0.25) is 0 Å². The van der Waals surface area contributed by atoms with Gasteiger partial charge in [-0.25, -0.2) is 9.97 Å². The molecule has 0 bridgehead atoms. The minimum Gasteiger partial charge on any atom is -0.383 e. The Kier molecular flexibility index (Phi) is 5.81. The zero-order chi connectivity index (χ0) is 13.3. The van der Waals surface area contributed by atoms with Crippen molar-refractivity contribution in [3.63, 3.8) is 0 Å². The molecular formula is C14H17N3OS. The molecule has 0 spiro atoms. The Balaban J connectivity index is 1.84. The first-order valence-corrected chi connectivity index (χ1v) is 6.93. The van der Waals surface area contributed by atoms with Crippen LogP contribution in [0.25, 0.3) is 0 Å². The summed E-state index contributed by atoms with van der Waals surface area (Å²) >= 11 is 1.57. The van der Waals surface area contributed by atoms with Crippen LogP contribution in [0, 0.1) is 0 Å². The second-order valence-electron chi connectivity index (χ2n) is 3.94. The topological polar surface area (TPSA) is 47.0 Å². The zero-order valence-electron chi connectivity index (χ0n) is 10.9. The van der Waals surface area contributed by atoms with Crippen molar-refractivity contribution in [2.75, 3.05) is 20.3 Å². The van der Waals surface area contributed by atoms with E-state index in [4.69, 9.17) is 4.74 Å². The summed E-state index contributed by atoms with van der Waals surface area (Å²) in [6.07, 6.45) is 3.68. The Morgan fingerprint density at radius 3 is 2.74 bits per heavy atom. The quantitative estimate of drug-likeness (QED) is 0.786. The molecule has 2 heterocycles. The molecule has 0 aliphatic rings. The predicted molar refractivity (Wildman–Crippen MR) is 76.2 cm³/mol. The molecule has 1 N–H and O–H groups in total. The summed E-state index contributed by atoms with van der Waals surface area (Å²) in [5.41, 5.74) is 1.17. The van der Waals surface area contributed by atoms with Crippen LogP contribution in [0.1, 0.15) is 5.56 Å². The Hall–Kier alpha value is -1.43. The van der Waals surface area contributed by atoms with Gasteiger partial charge in [0.15, 0.2) is 0 Å². The zero-order valence-corrected chi connectivity index (χ0v) is 11.7. The van der Waals surface area contributed by atoms with Crippen molar-refractivity contribution in [2.24, 2.45) is 0 Å². The van der Waals surface area contributed by atoms with Gasteiger partial charge in [-0.2, -0.15) is 0 Å². The Bertz CT molecular complexity index is 476. The molecule has 4 nitrogen and oxygen atoms in total. The molecule has 0 atom stereocenters. The summed E-state index contributed by atoms with van der Waals surface area (Å²) in [5, 5.41) is 5.20. The third kappa shape index (κ3) is 4.98. The van der Waals surface area contributed by atoms with Crippen molar-refractivity contribution in [3.8, 4) is 0 Å². The standard InChI is InChI=1S/C14H17N3OS/c1-18-9-8-15-10-12-5-6-14(17-11-12)19-13-4-2-3-7-16-13/h2-7,11,15H,8-10H2,1H3. The minimum absolute atomic E-state index is 0.723. The van der Waals surface area contributed by atoms with Crippen LogP contribution < -0.4 is 5.32 Å². The summed E-state index contributed by atoms with van der Waals surface area (Å²) in [6, 6.07) is 9.97. The van der Waals surface area contributed by atoms with Gasteiger partial charge in [0.2, 0.25) is 0 Å². The van der Waals surface area contributed by atoms with Crippen molar-refractivity contribution >= 4 is 11.8 Å². The lowest BCUT2D eigenvalue weighted by Gasteiger charge is -2.05. The lowest BCUT2D eigenvalue weighted by molar-refractivity contribution is 0.199. The smallest absolute Gasteiger partial charge is 0.102 e. The average molecular weight is 275 g/mol. The van der Waals surface area contributed by atoms with Crippen LogP contribution in [-0.4, -0.2) is 30.2 Å². The summed E-state index contributed by atoms with van der Waals surface area (Å²) in [7, 11) is 1.70. The van der Waals surface area contributed by atoms with Crippen LogP contribution in [0.15, 0.2) is 52.8 Å². The highest BCUT2D eigenvalue weighted by Gasteiger charge is 2.00. The summed E-state index contributed by atoms with van der Waals surface area (Å²) in [5.74, 6) is 0. The second kappa shape index (κ2) is 7.89. The van der Waals surface area contributed by atoms with Crippen molar-refractivity contribution < 1.29 is 4.74 Å². The molecule has 0 amide bonds. The van der Waals surface area contributed by atoms with E-state index in [1.807, 2.05) is 30.5 Å². The van der Waals surface area contributed by atoms with Gasteiger partial charge in [-0.05, 0) is 23.8 Å².